The van der Waals surface area contributed by atoms with Crippen molar-refractivity contribution in [1.82, 2.24) is 5.32 Å². The molecule has 0 aromatic heterocycles. The Bertz CT molecular complexity index is 1040. The number of ether oxygens (including phenoxy) is 2. The molecule has 0 aliphatic heterocycles. The molecule has 8 heteroatoms. The number of methoxy groups -OCH3 is 2. The largest absolute Gasteiger partial charge is 0.497 e. The van der Waals surface area contributed by atoms with Gasteiger partial charge in [-0.1, -0.05) is 18.6 Å². The lowest BCUT2D eigenvalue weighted by atomic mass is 9.95. The molecule has 3 atom stereocenters. The summed E-state index contributed by atoms with van der Waals surface area (Å²) in [7, 11) is -1.02. The first kappa shape index (κ1) is 21.5. The number of benzene rings is 2. The van der Waals surface area contributed by atoms with E-state index >= 15 is 0 Å². The molecular formula is C23H28N2O5S. The Morgan fingerprint density at radius 1 is 1.03 bits per heavy atom. The number of hydrogen-bond donors (Lipinski definition) is 1. The molecule has 2 fully saturated rings. The maximum Gasteiger partial charge on any atom is 0.264 e. The van der Waals surface area contributed by atoms with Crippen LogP contribution in [-0.4, -0.2) is 41.1 Å². The number of nitrogens with zero attached hydrogens (tertiary/aromatic N) is 1. The van der Waals surface area contributed by atoms with Crippen LogP contribution in [0, 0.1) is 11.8 Å². The molecule has 0 heterocycles. The van der Waals surface area contributed by atoms with Crippen LogP contribution in [0.25, 0.3) is 0 Å². The fourth-order valence-electron chi connectivity index (χ4n) is 4.81. The van der Waals surface area contributed by atoms with Gasteiger partial charge in [-0.15, -0.1) is 0 Å². The van der Waals surface area contributed by atoms with E-state index in [-0.39, 0.29) is 23.4 Å². The number of rotatable bonds is 8. The molecule has 7 nitrogen and oxygen atoms in total. The Kier molecular flexibility index (Phi) is 6.09. The highest BCUT2D eigenvalue weighted by molar-refractivity contribution is 7.92. The van der Waals surface area contributed by atoms with Crippen molar-refractivity contribution >= 4 is 21.6 Å². The quantitative estimate of drug-likeness (QED) is 0.676. The van der Waals surface area contributed by atoms with Crippen molar-refractivity contribution in [3.05, 3.63) is 48.5 Å². The van der Waals surface area contributed by atoms with E-state index in [2.05, 4.69) is 5.32 Å². The molecule has 2 aliphatic rings. The first-order valence-electron chi connectivity index (χ1n) is 10.5. The van der Waals surface area contributed by atoms with Crippen molar-refractivity contribution < 1.29 is 22.7 Å². The van der Waals surface area contributed by atoms with Crippen LogP contribution in [0.4, 0.5) is 5.69 Å². The van der Waals surface area contributed by atoms with Gasteiger partial charge < -0.3 is 14.8 Å². The molecule has 0 spiro atoms. The number of hydrogen-bond acceptors (Lipinski definition) is 5. The third-order valence-electron chi connectivity index (χ3n) is 6.37. The summed E-state index contributed by atoms with van der Waals surface area (Å²) in [6.45, 7) is -0.317. The summed E-state index contributed by atoms with van der Waals surface area (Å²) in [5, 5.41) is 3.08. The molecule has 1 N–H and O–H groups in total. The molecule has 166 valence electrons. The van der Waals surface area contributed by atoms with Gasteiger partial charge in [0.2, 0.25) is 5.91 Å². The van der Waals surface area contributed by atoms with Gasteiger partial charge in [0, 0.05) is 6.04 Å². The third-order valence-corrected chi connectivity index (χ3v) is 8.15. The Balaban J connectivity index is 1.63. The van der Waals surface area contributed by atoms with Crippen LogP contribution in [0.3, 0.4) is 0 Å². The summed E-state index contributed by atoms with van der Waals surface area (Å²) in [5.74, 6) is 1.82. The number of para-hydroxylation sites is 2. The van der Waals surface area contributed by atoms with E-state index in [4.69, 9.17) is 9.47 Å². The standard InChI is InChI=1S/C23H28N2O5S/c1-29-18-9-11-19(12-10-18)31(27,28)25(21-5-3-4-6-22(21)30-2)15-23(26)24-20-14-16-7-8-17(20)13-16/h3-6,9-12,16-17,20H,7-8,13-15H2,1-2H3,(H,24,26)/t16-,17-,20-/m0/s1. The maximum atomic E-state index is 13.6. The molecule has 4 rings (SSSR count). The van der Waals surface area contributed by atoms with Crippen LogP contribution in [0.15, 0.2) is 53.4 Å². The van der Waals surface area contributed by atoms with E-state index in [0.29, 0.717) is 29.0 Å². The molecule has 2 aliphatic carbocycles. The average molecular weight is 445 g/mol. The lowest BCUT2D eigenvalue weighted by Crippen LogP contribution is -2.46. The first-order chi connectivity index (χ1) is 14.9. The molecule has 0 radical (unpaired) electrons. The van der Waals surface area contributed by atoms with Crippen molar-refractivity contribution in [2.45, 2.75) is 36.6 Å². The Morgan fingerprint density at radius 3 is 2.39 bits per heavy atom. The van der Waals surface area contributed by atoms with Crippen LogP contribution >= 0.6 is 0 Å². The minimum atomic E-state index is -4.01. The molecule has 31 heavy (non-hydrogen) atoms. The predicted molar refractivity (Wildman–Crippen MR) is 118 cm³/mol. The Hall–Kier alpha value is -2.74. The second kappa shape index (κ2) is 8.78. The summed E-state index contributed by atoms with van der Waals surface area (Å²) in [5.41, 5.74) is 0.323. The highest BCUT2D eigenvalue weighted by Crippen LogP contribution is 2.44. The maximum absolute atomic E-state index is 13.6. The Labute approximate surface area is 183 Å². The summed E-state index contributed by atoms with van der Waals surface area (Å²) >= 11 is 0. The van der Waals surface area contributed by atoms with Gasteiger partial charge in [-0.2, -0.15) is 0 Å². The second-order valence-corrected chi connectivity index (χ2v) is 10.1. The minimum absolute atomic E-state index is 0.0759. The number of carbonyl (C=O) groups is 1. The van der Waals surface area contributed by atoms with Crippen LogP contribution in [0.1, 0.15) is 25.7 Å². The van der Waals surface area contributed by atoms with Gasteiger partial charge >= 0.3 is 0 Å². The molecular weight excluding hydrogens is 416 g/mol. The predicted octanol–water partition coefficient (Wildman–Crippen LogP) is 3.20. The zero-order valence-electron chi connectivity index (χ0n) is 17.8. The summed E-state index contributed by atoms with van der Waals surface area (Å²) in [6, 6.07) is 13.1. The highest BCUT2D eigenvalue weighted by Gasteiger charge is 2.40. The molecule has 0 saturated heterocycles. The van der Waals surface area contributed by atoms with E-state index in [1.807, 2.05) is 0 Å². The molecule has 0 unspecified atom stereocenters. The fraction of sp³-hybridized carbons (Fsp3) is 0.435. The molecule has 2 aromatic carbocycles. The van der Waals surface area contributed by atoms with Gasteiger partial charge in [0.05, 0.1) is 24.8 Å². The number of anilines is 1. The normalized spacial score (nSPS) is 22.2. The lowest BCUT2D eigenvalue weighted by Gasteiger charge is -2.28. The first-order valence-corrected chi connectivity index (χ1v) is 12.0. The summed E-state index contributed by atoms with van der Waals surface area (Å²) in [6.07, 6.45) is 4.51. The Morgan fingerprint density at radius 2 is 1.77 bits per heavy atom. The van der Waals surface area contributed by atoms with Crippen molar-refractivity contribution in [3.63, 3.8) is 0 Å². The number of carbonyl (C=O) groups excluding carboxylic acids is 1. The third kappa shape index (κ3) is 4.35. The summed E-state index contributed by atoms with van der Waals surface area (Å²) in [4.78, 5) is 13.0. The lowest BCUT2D eigenvalue weighted by molar-refractivity contribution is -0.120. The van der Waals surface area contributed by atoms with E-state index in [1.165, 1.54) is 32.8 Å². The van der Waals surface area contributed by atoms with Gasteiger partial charge in [0.15, 0.2) is 0 Å². The topological polar surface area (TPSA) is 84.9 Å². The summed E-state index contributed by atoms with van der Waals surface area (Å²) < 4.78 is 38.7. The number of nitrogens with one attached hydrogen (secondary N) is 1. The van der Waals surface area contributed by atoms with Crippen molar-refractivity contribution in [1.29, 1.82) is 0 Å². The number of fused-ring (bicyclic) bond motifs is 2. The highest BCUT2D eigenvalue weighted by atomic mass is 32.2. The molecule has 2 aromatic rings. The monoisotopic (exact) mass is 444 g/mol. The van der Waals surface area contributed by atoms with Crippen LogP contribution in [0.5, 0.6) is 11.5 Å². The van der Waals surface area contributed by atoms with Crippen molar-refractivity contribution in [2.24, 2.45) is 11.8 Å². The van der Waals surface area contributed by atoms with Crippen LogP contribution < -0.4 is 19.1 Å². The zero-order valence-corrected chi connectivity index (χ0v) is 18.6. The van der Waals surface area contributed by atoms with Gasteiger partial charge in [-0.05, 0) is 67.5 Å². The molecule has 1 amide bonds. The van der Waals surface area contributed by atoms with E-state index in [1.54, 1.807) is 36.4 Å². The zero-order chi connectivity index (χ0) is 22.0. The van der Waals surface area contributed by atoms with Crippen molar-refractivity contribution in [3.8, 4) is 11.5 Å². The minimum Gasteiger partial charge on any atom is -0.497 e. The van der Waals surface area contributed by atoms with Crippen LogP contribution in [-0.2, 0) is 14.8 Å². The average Bonchev–Trinajstić information content (AvgIpc) is 3.40. The number of amides is 1. The number of sulfonamides is 1. The van der Waals surface area contributed by atoms with Gasteiger partial charge in [-0.25, -0.2) is 8.42 Å². The second-order valence-electron chi connectivity index (χ2n) is 8.21. The van der Waals surface area contributed by atoms with E-state index < -0.39 is 10.0 Å². The van der Waals surface area contributed by atoms with E-state index in [9.17, 15) is 13.2 Å². The van der Waals surface area contributed by atoms with Gasteiger partial charge in [-0.3, -0.25) is 9.10 Å². The molecule has 2 saturated carbocycles. The fourth-order valence-corrected chi connectivity index (χ4v) is 6.25. The molecule has 2 bridgehead atoms. The van der Waals surface area contributed by atoms with E-state index in [0.717, 1.165) is 23.6 Å². The van der Waals surface area contributed by atoms with Crippen LogP contribution in [0.2, 0.25) is 0 Å². The van der Waals surface area contributed by atoms with Gasteiger partial charge in [0.1, 0.15) is 18.0 Å². The smallest absolute Gasteiger partial charge is 0.264 e. The van der Waals surface area contributed by atoms with Gasteiger partial charge in [0.25, 0.3) is 10.0 Å². The van der Waals surface area contributed by atoms with Crippen molar-refractivity contribution in [2.75, 3.05) is 25.1 Å². The SMILES string of the molecule is COc1ccc(S(=O)(=O)N(CC(=O)N[C@H]2C[C@H]3CC[C@H]2C3)c2ccccc2OC)cc1.